The van der Waals surface area contributed by atoms with Gasteiger partial charge in [-0.15, -0.1) is 0 Å². The van der Waals surface area contributed by atoms with Crippen LogP contribution >= 0.6 is 0 Å². The molecular weight excluding hydrogens is 411 g/mol. The zero-order chi connectivity index (χ0) is 22.4. The van der Waals surface area contributed by atoms with Crippen LogP contribution in [0.15, 0.2) is 53.9 Å². The van der Waals surface area contributed by atoms with E-state index >= 15 is 0 Å². The average molecular weight is 436 g/mol. The number of ether oxygens (including phenoxy) is 2. The molecule has 166 valence electrons. The molecular formula is C25H25FN2O4. The number of nitrogens with zero attached hydrogens (tertiary/aromatic N) is 2. The Morgan fingerprint density at radius 2 is 2.06 bits per heavy atom. The Morgan fingerprint density at radius 1 is 1.22 bits per heavy atom. The van der Waals surface area contributed by atoms with Crippen LogP contribution in [-0.4, -0.2) is 35.6 Å². The molecule has 32 heavy (non-hydrogen) atoms. The van der Waals surface area contributed by atoms with Crippen molar-refractivity contribution in [2.75, 3.05) is 11.5 Å². The van der Waals surface area contributed by atoms with Crippen molar-refractivity contribution in [3.8, 4) is 5.75 Å². The monoisotopic (exact) mass is 436 g/mol. The second-order valence-corrected chi connectivity index (χ2v) is 8.55. The second-order valence-electron chi connectivity index (χ2n) is 8.55. The number of alkyl halides is 1. The van der Waals surface area contributed by atoms with E-state index in [2.05, 4.69) is 4.98 Å². The second kappa shape index (κ2) is 8.04. The Balaban J connectivity index is 1.65. The van der Waals surface area contributed by atoms with Crippen molar-refractivity contribution in [3.63, 3.8) is 0 Å². The van der Waals surface area contributed by atoms with Crippen LogP contribution in [0.4, 0.5) is 10.2 Å². The Bertz CT molecular complexity index is 1110. The van der Waals surface area contributed by atoms with Gasteiger partial charge in [0.15, 0.2) is 11.5 Å². The number of carbonyl (C=O) groups excluding carboxylic acids is 2. The van der Waals surface area contributed by atoms with E-state index in [0.29, 0.717) is 36.6 Å². The van der Waals surface area contributed by atoms with Crippen LogP contribution in [0.2, 0.25) is 0 Å². The van der Waals surface area contributed by atoms with Gasteiger partial charge >= 0.3 is 0 Å². The third-order valence-electron chi connectivity index (χ3n) is 6.42. The molecule has 1 aromatic heterocycles. The zero-order valence-corrected chi connectivity index (χ0v) is 18.1. The van der Waals surface area contributed by atoms with Gasteiger partial charge in [-0.25, -0.2) is 9.37 Å². The number of carbonyl (C=O) groups is 2. The minimum absolute atomic E-state index is 0.0728. The molecule has 0 bridgehead atoms. The van der Waals surface area contributed by atoms with Gasteiger partial charge in [0.2, 0.25) is 0 Å². The van der Waals surface area contributed by atoms with Crippen molar-refractivity contribution in [3.05, 3.63) is 65.1 Å². The number of fused-ring (bicyclic) bond motifs is 1. The molecule has 1 aliphatic carbocycles. The van der Waals surface area contributed by atoms with Gasteiger partial charge in [0.25, 0.3) is 5.91 Å². The Labute approximate surface area is 186 Å². The van der Waals surface area contributed by atoms with Crippen LogP contribution in [-0.2, 0) is 14.3 Å². The third-order valence-corrected chi connectivity index (χ3v) is 6.42. The average Bonchev–Trinajstić information content (AvgIpc) is 3.07. The SMILES string of the molecule is CCOc1cccc(C2C3=C(OC4CCC(F)CC4C3=O)C(=O)N2c2cc(C)ccn2)c1. The van der Waals surface area contributed by atoms with E-state index in [1.807, 2.05) is 50.2 Å². The maximum atomic E-state index is 14.2. The number of aromatic nitrogens is 1. The van der Waals surface area contributed by atoms with Crippen molar-refractivity contribution in [1.29, 1.82) is 0 Å². The van der Waals surface area contributed by atoms with E-state index in [0.717, 1.165) is 11.1 Å². The molecule has 0 radical (unpaired) electrons. The van der Waals surface area contributed by atoms with Gasteiger partial charge in [0.05, 0.1) is 24.1 Å². The standard InChI is InChI=1S/C25H25FN2O4/c1-3-31-17-6-4-5-15(12-17)22-21-23(29)18-13-16(26)7-8-19(18)32-24(21)25(30)28(22)20-11-14(2)9-10-27-20/h4-6,9-12,16,18-19,22H,3,7-8,13H2,1-2H3. The first kappa shape index (κ1) is 20.7. The van der Waals surface area contributed by atoms with Gasteiger partial charge in [-0.2, -0.15) is 0 Å². The molecule has 1 saturated carbocycles. The molecule has 6 nitrogen and oxygen atoms in total. The molecule has 3 aliphatic rings. The Kier molecular flexibility index (Phi) is 5.19. The fourth-order valence-electron chi connectivity index (χ4n) is 4.96. The summed E-state index contributed by atoms with van der Waals surface area (Å²) in [7, 11) is 0. The minimum Gasteiger partial charge on any atom is -0.494 e. The molecule has 1 amide bonds. The van der Waals surface area contributed by atoms with Gasteiger partial charge in [-0.3, -0.25) is 14.5 Å². The summed E-state index contributed by atoms with van der Waals surface area (Å²) >= 11 is 0. The molecule has 5 rings (SSSR count). The highest BCUT2D eigenvalue weighted by Gasteiger charge is 2.53. The molecule has 0 spiro atoms. The largest absolute Gasteiger partial charge is 0.494 e. The predicted molar refractivity (Wildman–Crippen MR) is 116 cm³/mol. The molecule has 2 aliphatic heterocycles. The number of amides is 1. The number of rotatable bonds is 4. The van der Waals surface area contributed by atoms with Crippen molar-refractivity contribution in [2.45, 2.75) is 51.4 Å². The van der Waals surface area contributed by atoms with Gasteiger partial charge in [0.1, 0.15) is 23.8 Å². The summed E-state index contributed by atoms with van der Waals surface area (Å²) in [6, 6.07) is 10.3. The molecule has 7 heteroatoms. The lowest BCUT2D eigenvalue weighted by Crippen LogP contribution is -2.42. The highest BCUT2D eigenvalue weighted by atomic mass is 19.1. The molecule has 1 aromatic carbocycles. The third kappa shape index (κ3) is 3.36. The Morgan fingerprint density at radius 3 is 2.84 bits per heavy atom. The smallest absolute Gasteiger partial charge is 0.295 e. The fraction of sp³-hybridized carbons (Fsp3) is 0.400. The number of benzene rings is 1. The molecule has 0 N–H and O–H groups in total. The number of halogens is 1. The summed E-state index contributed by atoms with van der Waals surface area (Å²) in [5.41, 5.74) is 1.96. The quantitative estimate of drug-likeness (QED) is 0.717. The molecule has 2 aromatic rings. The van der Waals surface area contributed by atoms with Gasteiger partial charge in [0, 0.05) is 6.20 Å². The van der Waals surface area contributed by atoms with E-state index in [1.54, 1.807) is 6.20 Å². The maximum absolute atomic E-state index is 14.2. The van der Waals surface area contributed by atoms with E-state index in [4.69, 9.17) is 9.47 Å². The van der Waals surface area contributed by atoms with Gasteiger partial charge < -0.3 is 9.47 Å². The van der Waals surface area contributed by atoms with Crippen molar-refractivity contribution in [1.82, 2.24) is 4.98 Å². The molecule has 3 heterocycles. The first-order valence-corrected chi connectivity index (χ1v) is 11.1. The number of anilines is 1. The van der Waals surface area contributed by atoms with E-state index in [-0.39, 0.29) is 23.9 Å². The summed E-state index contributed by atoms with van der Waals surface area (Å²) in [6.07, 6.45) is 1.04. The van der Waals surface area contributed by atoms with Crippen LogP contribution in [0.3, 0.4) is 0 Å². The lowest BCUT2D eigenvalue weighted by molar-refractivity contribution is -0.133. The fourth-order valence-corrected chi connectivity index (χ4v) is 4.96. The van der Waals surface area contributed by atoms with Gasteiger partial charge in [-0.1, -0.05) is 12.1 Å². The summed E-state index contributed by atoms with van der Waals surface area (Å²) in [5.74, 6) is -0.00360. The summed E-state index contributed by atoms with van der Waals surface area (Å²) in [4.78, 5) is 33.1. The minimum atomic E-state index is -1.03. The van der Waals surface area contributed by atoms with Crippen LogP contribution in [0.5, 0.6) is 5.75 Å². The maximum Gasteiger partial charge on any atom is 0.295 e. The van der Waals surface area contributed by atoms with Crippen LogP contribution in [0.25, 0.3) is 0 Å². The zero-order valence-electron chi connectivity index (χ0n) is 18.1. The lowest BCUT2D eigenvalue weighted by Gasteiger charge is -2.36. The lowest BCUT2D eigenvalue weighted by atomic mass is 9.77. The normalized spacial score (nSPS) is 27.2. The van der Waals surface area contributed by atoms with Gasteiger partial charge in [-0.05, 0) is 68.5 Å². The van der Waals surface area contributed by atoms with E-state index < -0.39 is 24.2 Å². The summed E-state index contributed by atoms with van der Waals surface area (Å²) in [6.45, 7) is 4.31. The first-order valence-electron chi connectivity index (χ1n) is 11.1. The predicted octanol–water partition coefficient (Wildman–Crippen LogP) is 4.24. The highest BCUT2D eigenvalue weighted by molar-refractivity contribution is 6.17. The topological polar surface area (TPSA) is 68.7 Å². The molecule has 4 atom stereocenters. The number of aryl methyl sites for hydroxylation is 1. The van der Waals surface area contributed by atoms with Crippen molar-refractivity contribution >= 4 is 17.5 Å². The number of hydrogen-bond acceptors (Lipinski definition) is 5. The first-order chi connectivity index (χ1) is 15.5. The summed E-state index contributed by atoms with van der Waals surface area (Å²) < 4.78 is 25.9. The van der Waals surface area contributed by atoms with Crippen LogP contribution in [0, 0.1) is 12.8 Å². The molecule has 0 saturated heterocycles. The highest BCUT2D eigenvalue weighted by Crippen LogP contribution is 2.48. The van der Waals surface area contributed by atoms with E-state index in [9.17, 15) is 14.0 Å². The van der Waals surface area contributed by atoms with Crippen LogP contribution < -0.4 is 9.64 Å². The number of pyridine rings is 1. The number of ketones is 1. The van der Waals surface area contributed by atoms with Crippen molar-refractivity contribution < 1.29 is 23.5 Å². The van der Waals surface area contributed by atoms with Crippen molar-refractivity contribution in [2.24, 2.45) is 5.92 Å². The summed E-state index contributed by atoms with van der Waals surface area (Å²) in [5, 5.41) is 0. The number of Topliss-reactive ketones (excluding diaryl/α,β-unsaturated/α-hetero) is 1. The number of hydrogen-bond donors (Lipinski definition) is 0. The molecule has 1 fully saturated rings. The van der Waals surface area contributed by atoms with E-state index in [1.165, 1.54) is 4.90 Å². The Hall–Kier alpha value is -3.22. The molecule has 4 unspecified atom stereocenters. The van der Waals surface area contributed by atoms with Crippen LogP contribution in [0.1, 0.15) is 43.4 Å².